The summed E-state index contributed by atoms with van der Waals surface area (Å²) in [5, 5.41) is 0. The van der Waals surface area contributed by atoms with Gasteiger partial charge >= 0.3 is 5.97 Å². The van der Waals surface area contributed by atoms with Crippen LogP contribution < -0.4 is 0 Å². The van der Waals surface area contributed by atoms with E-state index in [0.29, 0.717) is 6.04 Å². The molecule has 0 aromatic heterocycles. The first-order valence-corrected chi connectivity index (χ1v) is 4.52. The van der Waals surface area contributed by atoms with Gasteiger partial charge in [-0.15, -0.1) is 0 Å². The smallest absolute Gasteiger partial charge is 0.323 e. The van der Waals surface area contributed by atoms with Gasteiger partial charge in [0.15, 0.2) is 0 Å². The van der Waals surface area contributed by atoms with E-state index in [-0.39, 0.29) is 12.0 Å². The minimum atomic E-state index is -0.0631. The van der Waals surface area contributed by atoms with Crippen LogP contribution in [0.25, 0.3) is 0 Å². The monoisotopic (exact) mass is 169 g/mol. The van der Waals surface area contributed by atoms with Crippen molar-refractivity contribution < 1.29 is 9.53 Å². The highest BCUT2D eigenvalue weighted by Gasteiger charge is 2.45. The average Bonchev–Trinajstić information content (AvgIpc) is 2.01. The summed E-state index contributed by atoms with van der Waals surface area (Å²) in [5.41, 5.74) is 0. The van der Waals surface area contributed by atoms with E-state index in [0.717, 1.165) is 12.3 Å². The van der Waals surface area contributed by atoms with Gasteiger partial charge in [-0.1, -0.05) is 0 Å². The Bertz CT molecular complexity index is 199. The number of nitrogens with zero attached hydrogens (tertiary/aromatic N) is 1. The molecule has 2 aliphatic heterocycles. The second-order valence-electron chi connectivity index (χ2n) is 3.93. The van der Waals surface area contributed by atoms with Crippen molar-refractivity contribution in [1.82, 2.24) is 4.90 Å². The molecule has 1 atom stereocenters. The van der Waals surface area contributed by atoms with Gasteiger partial charge in [-0.3, -0.25) is 9.69 Å². The van der Waals surface area contributed by atoms with Gasteiger partial charge in [0.05, 0.1) is 7.11 Å². The van der Waals surface area contributed by atoms with Crippen molar-refractivity contribution in [2.24, 2.45) is 5.92 Å². The molecule has 2 bridgehead atoms. The van der Waals surface area contributed by atoms with E-state index >= 15 is 0 Å². The second-order valence-corrected chi connectivity index (χ2v) is 3.93. The molecule has 12 heavy (non-hydrogen) atoms. The molecule has 3 nitrogen and oxygen atoms in total. The number of ether oxygens (including phenoxy) is 1. The first-order valence-electron chi connectivity index (χ1n) is 4.52. The molecule has 68 valence electrons. The normalized spacial score (nSPS) is 40.3. The second kappa shape index (κ2) is 2.73. The van der Waals surface area contributed by atoms with E-state index in [4.69, 9.17) is 4.74 Å². The van der Waals surface area contributed by atoms with Crippen LogP contribution in [0.3, 0.4) is 0 Å². The van der Waals surface area contributed by atoms with Crippen LogP contribution in [-0.2, 0) is 9.53 Å². The number of fused-ring (bicyclic) bond motifs is 2. The first-order chi connectivity index (χ1) is 5.72. The van der Waals surface area contributed by atoms with E-state index in [2.05, 4.69) is 4.90 Å². The largest absolute Gasteiger partial charge is 0.468 e. The zero-order chi connectivity index (χ0) is 8.72. The molecular formula is C9H15NO2. The van der Waals surface area contributed by atoms with Crippen LogP contribution in [0.2, 0.25) is 0 Å². The maximum absolute atomic E-state index is 11.3. The van der Waals surface area contributed by atoms with Crippen LogP contribution >= 0.6 is 0 Å². The van der Waals surface area contributed by atoms with Crippen molar-refractivity contribution in [1.29, 1.82) is 0 Å². The van der Waals surface area contributed by atoms with Gasteiger partial charge in [0.2, 0.25) is 0 Å². The number of piperidine rings is 2. The van der Waals surface area contributed by atoms with Crippen molar-refractivity contribution in [2.45, 2.75) is 31.3 Å². The van der Waals surface area contributed by atoms with Crippen LogP contribution in [0.5, 0.6) is 0 Å². The molecule has 0 aromatic rings. The highest BCUT2D eigenvalue weighted by Crippen LogP contribution is 2.41. The fraction of sp³-hybridized carbons (Fsp3) is 0.889. The molecule has 0 spiro atoms. The minimum absolute atomic E-state index is 0.0347. The Kier molecular flexibility index (Phi) is 1.83. The Balaban J connectivity index is 2.02. The quantitative estimate of drug-likeness (QED) is 0.539. The molecule has 2 heterocycles. The van der Waals surface area contributed by atoms with Gasteiger partial charge < -0.3 is 4.74 Å². The summed E-state index contributed by atoms with van der Waals surface area (Å²) in [7, 11) is 3.50. The lowest BCUT2D eigenvalue weighted by atomic mass is 9.71. The Labute approximate surface area is 72.7 Å². The summed E-state index contributed by atoms with van der Waals surface area (Å²) in [4.78, 5) is 13.5. The first kappa shape index (κ1) is 8.05. The summed E-state index contributed by atoms with van der Waals surface area (Å²) in [6.45, 7) is 0. The lowest BCUT2D eigenvalue weighted by Gasteiger charge is -2.50. The van der Waals surface area contributed by atoms with Crippen LogP contribution in [-0.4, -0.2) is 37.1 Å². The summed E-state index contributed by atoms with van der Waals surface area (Å²) in [6.07, 6.45) is 3.56. The Hall–Kier alpha value is -0.570. The highest BCUT2D eigenvalue weighted by atomic mass is 16.5. The van der Waals surface area contributed by atoms with Crippen molar-refractivity contribution >= 4 is 5.97 Å². The number of rotatable bonds is 1. The molecule has 0 amide bonds. The van der Waals surface area contributed by atoms with E-state index in [1.807, 2.05) is 7.05 Å². The van der Waals surface area contributed by atoms with Gasteiger partial charge in [-0.25, -0.2) is 0 Å². The molecule has 3 fully saturated rings. The van der Waals surface area contributed by atoms with Crippen molar-refractivity contribution in [3.63, 3.8) is 0 Å². The van der Waals surface area contributed by atoms with Crippen molar-refractivity contribution in [3.05, 3.63) is 0 Å². The fourth-order valence-corrected chi connectivity index (χ4v) is 2.36. The summed E-state index contributed by atoms with van der Waals surface area (Å²) >= 11 is 0. The van der Waals surface area contributed by atoms with Gasteiger partial charge in [0.1, 0.15) is 6.04 Å². The predicted octanol–water partition coefficient (Wildman–Crippen LogP) is 0.642. The Morgan fingerprint density at radius 3 is 2.58 bits per heavy atom. The lowest BCUT2D eigenvalue weighted by molar-refractivity contribution is -0.154. The number of methoxy groups -OCH3 is 1. The number of carbonyl (C=O) groups is 1. The van der Waals surface area contributed by atoms with Gasteiger partial charge in [-0.05, 0) is 32.2 Å². The summed E-state index contributed by atoms with van der Waals surface area (Å²) < 4.78 is 4.75. The van der Waals surface area contributed by atoms with Gasteiger partial charge in [0.25, 0.3) is 0 Å². The van der Waals surface area contributed by atoms with E-state index < -0.39 is 0 Å². The third-order valence-electron chi connectivity index (χ3n) is 3.31. The zero-order valence-corrected chi connectivity index (χ0v) is 7.62. The van der Waals surface area contributed by atoms with Crippen molar-refractivity contribution in [2.75, 3.05) is 14.2 Å². The van der Waals surface area contributed by atoms with Gasteiger partial charge in [0, 0.05) is 6.04 Å². The Morgan fingerprint density at radius 1 is 1.42 bits per heavy atom. The molecule has 0 radical (unpaired) electrons. The molecule has 0 N–H and O–H groups in total. The molecule has 0 unspecified atom stereocenters. The third-order valence-corrected chi connectivity index (χ3v) is 3.31. The molecule has 3 rings (SSSR count). The number of hydrogen-bond acceptors (Lipinski definition) is 3. The Morgan fingerprint density at radius 2 is 2.08 bits per heavy atom. The predicted molar refractivity (Wildman–Crippen MR) is 44.7 cm³/mol. The maximum Gasteiger partial charge on any atom is 0.323 e. The third kappa shape index (κ3) is 1.04. The molecular weight excluding hydrogens is 154 g/mol. The lowest BCUT2D eigenvalue weighted by Crippen LogP contribution is -2.57. The van der Waals surface area contributed by atoms with E-state index in [9.17, 15) is 4.79 Å². The highest BCUT2D eigenvalue weighted by molar-refractivity contribution is 5.76. The van der Waals surface area contributed by atoms with E-state index in [1.165, 1.54) is 20.0 Å². The molecule has 1 saturated carbocycles. The molecule has 0 aromatic carbocycles. The summed E-state index contributed by atoms with van der Waals surface area (Å²) in [5.74, 6) is 0.724. The van der Waals surface area contributed by atoms with Crippen molar-refractivity contribution in [3.8, 4) is 0 Å². The molecule has 3 heteroatoms. The summed E-state index contributed by atoms with van der Waals surface area (Å²) in [6, 6.07) is 0.681. The SMILES string of the molecule is COC(=O)[C@H]1CC2CC(C2)N1C. The van der Waals surface area contributed by atoms with Crippen LogP contribution in [0.4, 0.5) is 0 Å². The minimum Gasteiger partial charge on any atom is -0.468 e. The maximum atomic E-state index is 11.3. The van der Waals surface area contributed by atoms with Crippen LogP contribution in [0.15, 0.2) is 0 Å². The molecule has 2 saturated heterocycles. The van der Waals surface area contributed by atoms with E-state index in [1.54, 1.807) is 0 Å². The zero-order valence-electron chi connectivity index (χ0n) is 7.62. The number of hydrogen-bond donors (Lipinski definition) is 0. The number of likely N-dealkylation sites (N-methyl/N-ethyl adjacent to an activating group) is 1. The standard InChI is InChI=1S/C9H15NO2/c1-10-7-3-6(4-7)5-8(10)9(11)12-2/h6-8H,3-5H2,1-2H3/t6?,7?,8-/m1/s1. The molecule has 3 aliphatic rings. The van der Waals surface area contributed by atoms with Crippen LogP contribution in [0.1, 0.15) is 19.3 Å². The number of carbonyl (C=O) groups excluding carboxylic acids is 1. The molecule has 1 aliphatic carbocycles. The number of esters is 1. The fourth-order valence-electron chi connectivity index (χ4n) is 2.36. The van der Waals surface area contributed by atoms with Gasteiger partial charge in [-0.2, -0.15) is 0 Å². The topological polar surface area (TPSA) is 29.5 Å². The van der Waals surface area contributed by atoms with Crippen LogP contribution in [0, 0.1) is 5.92 Å². The average molecular weight is 169 g/mol.